The molecule has 0 spiro atoms. The maximum absolute atomic E-state index is 12.5. The molecule has 0 unspecified atom stereocenters. The summed E-state index contributed by atoms with van der Waals surface area (Å²) in [5.41, 5.74) is 2.62. The fourth-order valence-corrected chi connectivity index (χ4v) is 3.78. The number of carbonyl (C=O) groups is 3. The molecule has 1 aliphatic rings. The van der Waals surface area contributed by atoms with Crippen LogP contribution in [-0.2, 0) is 24.4 Å². The van der Waals surface area contributed by atoms with Crippen LogP contribution in [0.2, 0.25) is 0 Å². The zero-order valence-electron chi connectivity index (χ0n) is 15.8. The van der Waals surface area contributed by atoms with E-state index in [4.69, 9.17) is 5.11 Å². The molecule has 154 valence electrons. The minimum absolute atomic E-state index is 0.322. The SMILES string of the molecule is C=CCS(=O)(=O)N[C@H](C(=O)N[C@@H](C)C(=O)N1CCC[C@@H](C(=O)O)N1)C(C)C. The maximum Gasteiger partial charge on any atom is 0.322 e. The van der Waals surface area contributed by atoms with E-state index in [1.807, 2.05) is 0 Å². The van der Waals surface area contributed by atoms with E-state index in [1.54, 1.807) is 13.8 Å². The molecule has 1 fully saturated rings. The molecule has 0 saturated carbocycles. The number of carbonyl (C=O) groups excluding carboxylic acids is 2. The molecule has 0 aromatic heterocycles. The minimum Gasteiger partial charge on any atom is -0.480 e. The van der Waals surface area contributed by atoms with Crippen molar-refractivity contribution >= 4 is 27.8 Å². The van der Waals surface area contributed by atoms with Gasteiger partial charge in [-0.25, -0.2) is 18.6 Å². The summed E-state index contributed by atoms with van der Waals surface area (Å²) in [6.45, 7) is 8.50. The van der Waals surface area contributed by atoms with Crippen LogP contribution in [-0.4, -0.2) is 66.7 Å². The lowest BCUT2D eigenvalue weighted by molar-refractivity contribution is -0.148. The van der Waals surface area contributed by atoms with E-state index < -0.39 is 45.9 Å². The molecule has 0 aliphatic carbocycles. The highest BCUT2D eigenvalue weighted by atomic mass is 32.2. The van der Waals surface area contributed by atoms with E-state index in [9.17, 15) is 22.8 Å². The normalized spacial score (nSPS) is 20.0. The van der Waals surface area contributed by atoms with Crippen molar-refractivity contribution in [1.29, 1.82) is 0 Å². The van der Waals surface area contributed by atoms with Gasteiger partial charge in [0.15, 0.2) is 0 Å². The van der Waals surface area contributed by atoms with E-state index in [0.717, 1.165) is 0 Å². The van der Waals surface area contributed by atoms with Gasteiger partial charge in [0.25, 0.3) is 5.91 Å². The van der Waals surface area contributed by atoms with E-state index in [1.165, 1.54) is 18.0 Å². The first-order valence-corrected chi connectivity index (χ1v) is 10.3. The van der Waals surface area contributed by atoms with E-state index in [-0.39, 0.29) is 11.7 Å². The minimum atomic E-state index is -3.72. The van der Waals surface area contributed by atoms with Crippen LogP contribution in [0.1, 0.15) is 33.6 Å². The van der Waals surface area contributed by atoms with Crippen molar-refractivity contribution in [2.75, 3.05) is 12.3 Å². The average Bonchev–Trinajstić information content (AvgIpc) is 2.58. The summed E-state index contributed by atoms with van der Waals surface area (Å²) < 4.78 is 26.1. The van der Waals surface area contributed by atoms with Gasteiger partial charge < -0.3 is 10.4 Å². The summed E-state index contributed by atoms with van der Waals surface area (Å²) in [7, 11) is -3.72. The van der Waals surface area contributed by atoms with E-state index in [2.05, 4.69) is 22.0 Å². The van der Waals surface area contributed by atoms with E-state index in [0.29, 0.717) is 19.4 Å². The molecule has 4 N–H and O–H groups in total. The monoisotopic (exact) mass is 404 g/mol. The van der Waals surface area contributed by atoms with Gasteiger partial charge in [-0.05, 0) is 25.7 Å². The Morgan fingerprint density at radius 2 is 1.96 bits per heavy atom. The number of nitrogens with one attached hydrogen (secondary N) is 3. The van der Waals surface area contributed by atoms with Crippen molar-refractivity contribution in [1.82, 2.24) is 20.5 Å². The number of aliphatic carboxylic acids is 1. The first-order valence-electron chi connectivity index (χ1n) is 8.70. The first kappa shape index (κ1) is 23.1. The Balaban J connectivity index is 2.76. The second-order valence-corrected chi connectivity index (χ2v) is 8.59. The molecule has 3 atom stereocenters. The van der Waals surface area contributed by atoms with Gasteiger partial charge in [-0.2, -0.15) is 0 Å². The second kappa shape index (κ2) is 9.81. The van der Waals surface area contributed by atoms with Crippen LogP contribution in [0, 0.1) is 5.92 Å². The van der Waals surface area contributed by atoms with Crippen molar-refractivity contribution in [2.24, 2.45) is 5.92 Å². The van der Waals surface area contributed by atoms with E-state index >= 15 is 0 Å². The summed E-state index contributed by atoms with van der Waals surface area (Å²) >= 11 is 0. The molecule has 10 nitrogen and oxygen atoms in total. The number of hydrogen-bond donors (Lipinski definition) is 4. The van der Waals surface area contributed by atoms with Crippen molar-refractivity contribution in [3.8, 4) is 0 Å². The number of carboxylic acid groups (broad SMARTS) is 1. The van der Waals surface area contributed by atoms with Crippen LogP contribution < -0.4 is 15.5 Å². The maximum atomic E-state index is 12.5. The van der Waals surface area contributed by atoms with Crippen molar-refractivity contribution in [2.45, 2.75) is 51.7 Å². The van der Waals surface area contributed by atoms with Crippen molar-refractivity contribution in [3.63, 3.8) is 0 Å². The lowest BCUT2D eigenvalue weighted by Gasteiger charge is -2.34. The lowest BCUT2D eigenvalue weighted by atomic mass is 10.0. The summed E-state index contributed by atoms with van der Waals surface area (Å²) in [6, 6.07) is -2.87. The van der Waals surface area contributed by atoms with Crippen LogP contribution >= 0.6 is 0 Å². The molecule has 0 radical (unpaired) electrons. The first-order chi connectivity index (χ1) is 12.5. The van der Waals surface area contributed by atoms with Gasteiger partial charge in [0.1, 0.15) is 18.1 Å². The quantitative estimate of drug-likeness (QED) is 0.368. The Morgan fingerprint density at radius 1 is 1.33 bits per heavy atom. The number of rotatable bonds is 9. The smallest absolute Gasteiger partial charge is 0.322 e. The fraction of sp³-hybridized carbons (Fsp3) is 0.688. The molecular weight excluding hydrogens is 376 g/mol. The molecule has 1 aliphatic heterocycles. The van der Waals surface area contributed by atoms with Gasteiger partial charge in [-0.3, -0.25) is 19.4 Å². The Labute approximate surface area is 159 Å². The number of hydrogen-bond acceptors (Lipinski definition) is 6. The van der Waals surface area contributed by atoms with Crippen LogP contribution in [0.4, 0.5) is 0 Å². The summed E-state index contributed by atoms with van der Waals surface area (Å²) in [6.07, 6.45) is 2.14. The average molecular weight is 404 g/mol. The molecule has 1 saturated heterocycles. The number of hydrazine groups is 1. The van der Waals surface area contributed by atoms with Crippen LogP contribution in [0.25, 0.3) is 0 Å². The Morgan fingerprint density at radius 3 is 2.48 bits per heavy atom. The van der Waals surface area contributed by atoms with Crippen molar-refractivity contribution < 1.29 is 27.9 Å². The van der Waals surface area contributed by atoms with Crippen LogP contribution in [0.15, 0.2) is 12.7 Å². The third-order valence-corrected chi connectivity index (χ3v) is 5.36. The van der Waals surface area contributed by atoms with Gasteiger partial charge in [0.2, 0.25) is 15.9 Å². The molecule has 27 heavy (non-hydrogen) atoms. The molecule has 1 heterocycles. The highest BCUT2D eigenvalue weighted by Crippen LogP contribution is 2.10. The Hall–Kier alpha value is -1.98. The summed E-state index contributed by atoms with van der Waals surface area (Å²) in [4.78, 5) is 36.1. The van der Waals surface area contributed by atoms with Gasteiger partial charge in [0.05, 0.1) is 5.75 Å². The lowest BCUT2D eigenvalue weighted by Crippen LogP contribution is -2.60. The summed E-state index contributed by atoms with van der Waals surface area (Å²) in [5, 5.41) is 12.7. The highest BCUT2D eigenvalue weighted by Gasteiger charge is 2.33. The van der Waals surface area contributed by atoms with Crippen LogP contribution in [0.5, 0.6) is 0 Å². The number of nitrogens with zero attached hydrogens (tertiary/aromatic N) is 1. The van der Waals surface area contributed by atoms with Gasteiger partial charge in [0, 0.05) is 6.54 Å². The van der Waals surface area contributed by atoms with Gasteiger partial charge in [-0.15, -0.1) is 6.58 Å². The topological polar surface area (TPSA) is 145 Å². The third-order valence-electron chi connectivity index (χ3n) is 4.07. The molecule has 1 rings (SSSR count). The fourth-order valence-electron chi connectivity index (χ4n) is 2.61. The number of carboxylic acids is 1. The highest BCUT2D eigenvalue weighted by molar-refractivity contribution is 7.89. The summed E-state index contributed by atoms with van der Waals surface area (Å²) in [5.74, 6) is -2.86. The Bertz CT molecular complexity index is 678. The zero-order valence-corrected chi connectivity index (χ0v) is 16.6. The Kier molecular flexibility index (Phi) is 8.38. The van der Waals surface area contributed by atoms with Crippen LogP contribution in [0.3, 0.4) is 0 Å². The predicted octanol–water partition coefficient (Wildman–Crippen LogP) is -0.799. The molecule has 0 aromatic carbocycles. The molecule has 0 aromatic rings. The predicted molar refractivity (Wildman–Crippen MR) is 98.9 cm³/mol. The standard InChI is InChI=1S/C16H28N4O6S/c1-5-9-27(25,26)19-13(10(2)3)14(21)17-11(4)15(22)20-8-6-7-12(18-20)16(23)24/h5,10-13,18-19H,1,6-9H2,2-4H3,(H,17,21)(H,23,24)/t11-,12-,13-/m0/s1. The largest absolute Gasteiger partial charge is 0.480 e. The van der Waals surface area contributed by atoms with Crippen molar-refractivity contribution in [3.05, 3.63) is 12.7 Å². The second-order valence-electron chi connectivity index (χ2n) is 6.79. The van der Waals surface area contributed by atoms with Gasteiger partial charge in [-0.1, -0.05) is 19.9 Å². The zero-order chi connectivity index (χ0) is 20.8. The third kappa shape index (κ3) is 6.92. The number of amides is 2. The molecular formula is C16H28N4O6S. The molecule has 0 bridgehead atoms. The number of sulfonamides is 1. The molecule has 11 heteroatoms. The molecule has 2 amide bonds. The van der Waals surface area contributed by atoms with Gasteiger partial charge >= 0.3 is 5.97 Å².